The second kappa shape index (κ2) is 7.19. The van der Waals surface area contributed by atoms with Crippen LogP contribution in [0.15, 0.2) is 29.1 Å². The van der Waals surface area contributed by atoms with Crippen LogP contribution >= 0.6 is 0 Å². The maximum absolute atomic E-state index is 12.5. The predicted octanol–water partition coefficient (Wildman–Crippen LogP) is 1.99. The van der Waals surface area contributed by atoms with Crippen molar-refractivity contribution in [3.63, 3.8) is 0 Å². The van der Waals surface area contributed by atoms with Gasteiger partial charge in [-0.3, -0.25) is 4.40 Å². The largest absolute Gasteiger partial charge is 0.379 e. The van der Waals surface area contributed by atoms with Crippen LogP contribution in [0.4, 0.5) is 0 Å². The SMILES string of the molecule is C[C@@H]1CC(C=NS(=O)(=O)N2CCOCC2)C[C@@H]1c1cnc2cnc3[nH]ccc3n12. The molecule has 2 fully saturated rings. The molecule has 3 aromatic rings. The van der Waals surface area contributed by atoms with Gasteiger partial charge in [0, 0.05) is 43.3 Å². The van der Waals surface area contributed by atoms with Gasteiger partial charge in [0.15, 0.2) is 11.3 Å². The van der Waals surface area contributed by atoms with E-state index in [0.717, 1.165) is 35.3 Å². The molecule has 0 spiro atoms. The van der Waals surface area contributed by atoms with Crippen LogP contribution in [-0.2, 0) is 14.9 Å². The smallest absolute Gasteiger partial charge is 0.322 e. The number of imidazole rings is 1. The molecule has 10 heteroatoms. The Labute approximate surface area is 169 Å². The molecule has 3 atom stereocenters. The first-order valence-electron chi connectivity index (χ1n) is 9.95. The zero-order chi connectivity index (χ0) is 20.0. The minimum absolute atomic E-state index is 0.125. The standard InChI is InChI=1S/C19H24N6O3S/c1-13-8-14(10-23-29(26,27)24-4-6-28-7-5-24)9-15(13)17-11-21-18-12-22-19-16(25(17)18)2-3-20-19/h2-3,10-15,20H,4-9H2,1H3/t13-,14?,15+/m1/s1. The molecular formula is C19H24N6O3S. The van der Waals surface area contributed by atoms with Gasteiger partial charge in [-0.05, 0) is 30.7 Å². The number of nitrogens with zero attached hydrogens (tertiary/aromatic N) is 5. The highest BCUT2D eigenvalue weighted by molar-refractivity contribution is 7.87. The molecule has 154 valence electrons. The lowest BCUT2D eigenvalue weighted by Gasteiger charge is -2.23. The van der Waals surface area contributed by atoms with Crippen molar-refractivity contribution in [2.45, 2.75) is 25.7 Å². The fourth-order valence-electron chi connectivity index (χ4n) is 4.59. The summed E-state index contributed by atoms with van der Waals surface area (Å²) in [5.74, 6) is 0.813. The van der Waals surface area contributed by atoms with E-state index in [9.17, 15) is 8.42 Å². The topological polar surface area (TPSA) is 105 Å². The molecule has 1 aliphatic carbocycles. The van der Waals surface area contributed by atoms with Gasteiger partial charge in [0.25, 0.3) is 0 Å². The summed E-state index contributed by atoms with van der Waals surface area (Å²) >= 11 is 0. The second-order valence-corrected chi connectivity index (χ2v) is 9.53. The Morgan fingerprint density at radius 3 is 2.90 bits per heavy atom. The molecule has 1 saturated carbocycles. The van der Waals surface area contributed by atoms with Gasteiger partial charge < -0.3 is 9.72 Å². The molecule has 0 amide bonds. The Bertz CT molecular complexity index is 1160. The summed E-state index contributed by atoms with van der Waals surface area (Å²) in [7, 11) is -3.62. The molecule has 29 heavy (non-hydrogen) atoms. The van der Waals surface area contributed by atoms with Crippen LogP contribution in [-0.4, -0.2) is 64.6 Å². The molecule has 2 aliphatic rings. The molecule has 1 unspecified atom stereocenters. The fourth-order valence-corrected chi connectivity index (χ4v) is 5.66. The first-order chi connectivity index (χ1) is 14.0. The Morgan fingerprint density at radius 2 is 2.07 bits per heavy atom. The number of H-pyrrole nitrogens is 1. The monoisotopic (exact) mass is 416 g/mol. The molecule has 1 saturated heterocycles. The van der Waals surface area contributed by atoms with Crippen LogP contribution in [0.3, 0.4) is 0 Å². The fraction of sp³-hybridized carbons (Fsp3) is 0.526. The van der Waals surface area contributed by atoms with E-state index in [4.69, 9.17) is 4.74 Å². The lowest BCUT2D eigenvalue weighted by Crippen LogP contribution is -2.39. The first-order valence-corrected chi connectivity index (χ1v) is 11.4. The number of fused-ring (bicyclic) bond motifs is 3. The number of hydrogen-bond acceptors (Lipinski definition) is 5. The first kappa shape index (κ1) is 18.7. The maximum Gasteiger partial charge on any atom is 0.322 e. The third kappa shape index (κ3) is 3.34. The maximum atomic E-state index is 12.5. The Hall–Kier alpha value is -2.30. The van der Waals surface area contributed by atoms with Crippen molar-refractivity contribution < 1.29 is 13.2 Å². The number of rotatable bonds is 4. The summed E-state index contributed by atoms with van der Waals surface area (Å²) in [5.41, 5.74) is 3.81. The highest BCUT2D eigenvalue weighted by atomic mass is 32.2. The normalized spacial score (nSPS) is 26.9. The average molecular weight is 417 g/mol. The summed E-state index contributed by atoms with van der Waals surface area (Å²) in [4.78, 5) is 12.1. The highest BCUT2D eigenvalue weighted by Gasteiger charge is 2.34. The van der Waals surface area contributed by atoms with Crippen molar-refractivity contribution in [3.8, 4) is 0 Å². The van der Waals surface area contributed by atoms with Gasteiger partial charge in [-0.2, -0.15) is 17.1 Å². The van der Waals surface area contributed by atoms with Crippen LogP contribution in [0, 0.1) is 11.8 Å². The van der Waals surface area contributed by atoms with E-state index in [-0.39, 0.29) is 11.8 Å². The number of hydrogen-bond donors (Lipinski definition) is 1. The summed E-state index contributed by atoms with van der Waals surface area (Å²) in [6.07, 6.45) is 8.97. The van der Waals surface area contributed by atoms with E-state index in [2.05, 4.69) is 30.7 Å². The molecule has 9 nitrogen and oxygen atoms in total. The lowest BCUT2D eigenvalue weighted by atomic mass is 9.95. The number of morpholine rings is 1. The lowest BCUT2D eigenvalue weighted by molar-refractivity contribution is 0.0731. The third-order valence-electron chi connectivity index (χ3n) is 6.07. The van der Waals surface area contributed by atoms with E-state index in [1.165, 1.54) is 4.31 Å². The number of nitrogens with one attached hydrogen (secondary N) is 1. The molecule has 3 aromatic heterocycles. The molecule has 4 heterocycles. The van der Waals surface area contributed by atoms with Crippen molar-refractivity contribution in [1.29, 1.82) is 0 Å². The second-order valence-electron chi connectivity index (χ2n) is 7.91. The summed E-state index contributed by atoms with van der Waals surface area (Å²) in [5, 5.41) is 0. The van der Waals surface area contributed by atoms with E-state index in [1.54, 1.807) is 12.4 Å². The zero-order valence-electron chi connectivity index (χ0n) is 16.2. The number of ether oxygens (including phenoxy) is 1. The summed E-state index contributed by atoms with van der Waals surface area (Å²) < 4.78 is 37.7. The van der Waals surface area contributed by atoms with Crippen LogP contribution in [0.5, 0.6) is 0 Å². The van der Waals surface area contributed by atoms with Crippen LogP contribution in [0.1, 0.15) is 31.4 Å². The van der Waals surface area contributed by atoms with E-state index in [1.807, 2.05) is 18.5 Å². The summed E-state index contributed by atoms with van der Waals surface area (Å²) in [6.45, 7) is 3.80. The van der Waals surface area contributed by atoms with Gasteiger partial charge in [0.2, 0.25) is 0 Å². The van der Waals surface area contributed by atoms with Crippen molar-refractivity contribution in [2.75, 3.05) is 26.3 Å². The number of aromatic amines is 1. The van der Waals surface area contributed by atoms with E-state index >= 15 is 0 Å². The van der Waals surface area contributed by atoms with Gasteiger partial charge >= 0.3 is 10.2 Å². The minimum atomic E-state index is -3.62. The van der Waals surface area contributed by atoms with Crippen molar-refractivity contribution in [1.82, 2.24) is 23.7 Å². The number of aromatic nitrogens is 4. The van der Waals surface area contributed by atoms with Crippen molar-refractivity contribution in [2.24, 2.45) is 16.2 Å². The summed E-state index contributed by atoms with van der Waals surface area (Å²) in [6, 6.07) is 2.01. The van der Waals surface area contributed by atoms with Gasteiger partial charge in [-0.1, -0.05) is 6.92 Å². The predicted molar refractivity (Wildman–Crippen MR) is 109 cm³/mol. The van der Waals surface area contributed by atoms with Crippen LogP contribution in [0.25, 0.3) is 16.8 Å². The molecule has 1 N–H and O–H groups in total. The van der Waals surface area contributed by atoms with E-state index in [0.29, 0.717) is 32.2 Å². The molecule has 0 radical (unpaired) electrons. The minimum Gasteiger partial charge on any atom is -0.379 e. The van der Waals surface area contributed by atoms with Gasteiger partial charge in [0.1, 0.15) is 0 Å². The van der Waals surface area contributed by atoms with Crippen molar-refractivity contribution in [3.05, 3.63) is 30.4 Å². The Morgan fingerprint density at radius 1 is 1.24 bits per heavy atom. The molecule has 1 aliphatic heterocycles. The van der Waals surface area contributed by atoms with Gasteiger partial charge in [-0.15, -0.1) is 0 Å². The Kier molecular flexibility index (Phi) is 4.64. The van der Waals surface area contributed by atoms with Gasteiger partial charge in [-0.25, -0.2) is 9.97 Å². The Balaban J connectivity index is 1.39. The highest BCUT2D eigenvalue weighted by Crippen LogP contribution is 2.42. The zero-order valence-corrected chi connectivity index (χ0v) is 17.0. The van der Waals surface area contributed by atoms with Crippen LogP contribution < -0.4 is 0 Å². The molecule has 5 rings (SSSR count). The van der Waals surface area contributed by atoms with Gasteiger partial charge in [0.05, 0.1) is 24.9 Å². The quantitative estimate of drug-likeness (QED) is 0.655. The van der Waals surface area contributed by atoms with Crippen LogP contribution in [0.2, 0.25) is 0 Å². The molecular weight excluding hydrogens is 392 g/mol. The van der Waals surface area contributed by atoms with Crippen molar-refractivity contribution >= 4 is 33.2 Å². The molecule has 0 aromatic carbocycles. The third-order valence-corrected chi connectivity index (χ3v) is 7.48. The van der Waals surface area contributed by atoms with E-state index < -0.39 is 10.2 Å². The average Bonchev–Trinajstić information content (AvgIpc) is 3.44. The molecule has 0 bridgehead atoms.